The SMILES string of the molecule is C=CCNC(CO)(CO)CO. The van der Waals surface area contributed by atoms with Crippen LogP contribution in [0.4, 0.5) is 0 Å². The van der Waals surface area contributed by atoms with E-state index in [1.165, 1.54) is 0 Å². The fraction of sp³-hybridized carbons (Fsp3) is 0.714. The Balaban J connectivity index is 3.93. The fourth-order valence-electron chi connectivity index (χ4n) is 0.606. The van der Waals surface area contributed by atoms with E-state index < -0.39 is 5.54 Å². The highest BCUT2D eigenvalue weighted by Gasteiger charge is 2.26. The van der Waals surface area contributed by atoms with Gasteiger partial charge in [-0.2, -0.15) is 0 Å². The molecule has 0 fully saturated rings. The molecule has 0 heterocycles. The second kappa shape index (κ2) is 5.26. The fourth-order valence-corrected chi connectivity index (χ4v) is 0.606. The van der Waals surface area contributed by atoms with Gasteiger partial charge in [0.2, 0.25) is 0 Å². The normalized spacial score (nSPS) is 11.5. The van der Waals surface area contributed by atoms with Crippen LogP contribution in [-0.2, 0) is 0 Å². The van der Waals surface area contributed by atoms with Crippen LogP contribution in [0.2, 0.25) is 0 Å². The first-order chi connectivity index (χ1) is 5.24. The molecule has 0 aliphatic heterocycles. The third kappa shape index (κ3) is 2.98. The second-order valence-corrected chi connectivity index (χ2v) is 2.42. The van der Waals surface area contributed by atoms with E-state index in [9.17, 15) is 0 Å². The molecule has 0 aromatic rings. The van der Waals surface area contributed by atoms with Gasteiger partial charge >= 0.3 is 0 Å². The minimum absolute atomic E-state index is 0.298. The molecule has 0 radical (unpaired) electrons. The van der Waals surface area contributed by atoms with E-state index in [1.54, 1.807) is 6.08 Å². The summed E-state index contributed by atoms with van der Waals surface area (Å²) in [4.78, 5) is 0. The van der Waals surface area contributed by atoms with Crippen LogP contribution in [0.5, 0.6) is 0 Å². The molecule has 0 aromatic carbocycles. The average Bonchev–Trinajstić information content (AvgIpc) is 2.08. The molecule has 0 spiro atoms. The molecular weight excluding hydrogens is 146 g/mol. The maximum atomic E-state index is 8.79. The molecule has 0 aliphatic carbocycles. The lowest BCUT2D eigenvalue weighted by Crippen LogP contribution is -2.54. The van der Waals surface area contributed by atoms with E-state index in [1.807, 2.05) is 0 Å². The highest BCUT2D eigenvalue weighted by Crippen LogP contribution is 2.00. The summed E-state index contributed by atoms with van der Waals surface area (Å²) in [7, 11) is 0. The van der Waals surface area contributed by atoms with Crippen LogP contribution < -0.4 is 5.32 Å². The minimum atomic E-state index is -0.978. The molecule has 0 rings (SSSR count). The highest BCUT2D eigenvalue weighted by atomic mass is 16.3. The van der Waals surface area contributed by atoms with Gasteiger partial charge in [0.25, 0.3) is 0 Å². The van der Waals surface area contributed by atoms with Crippen molar-refractivity contribution in [2.24, 2.45) is 0 Å². The van der Waals surface area contributed by atoms with Crippen molar-refractivity contribution < 1.29 is 15.3 Å². The predicted octanol–water partition coefficient (Wildman–Crippen LogP) is -1.52. The van der Waals surface area contributed by atoms with E-state index in [0.717, 1.165) is 0 Å². The number of aliphatic hydroxyl groups excluding tert-OH is 3. The first-order valence-corrected chi connectivity index (χ1v) is 3.43. The van der Waals surface area contributed by atoms with Crippen molar-refractivity contribution in [3.8, 4) is 0 Å². The first kappa shape index (κ1) is 10.6. The number of aliphatic hydroxyl groups is 3. The molecule has 11 heavy (non-hydrogen) atoms. The van der Waals surface area contributed by atoms with Gasteiger partial charge in [-0.3, -0.25) is 0 Å². The molecule has 0 unspecified atom stereocenters. The number of nitrogens with one attached hydrogen (secondary N) is 1. The number of rotatable bonds is 6. The van der Waals surface area contributed by atoms with Crippen molar-refractivity contribution in [1.82, 2.24) is 5.32 Å². The van der Waals surface area contributed by atoms with Gasteiger partial charge < -0.3 is 20.6 Å². The van der Waals surface area contributed by atoms with Crippen LogP contribution in [-0.4, -0.2) is 47.2 Å². The first-order valence-electron chi connectivity index (χ1n) is 3.43. The Morgan fingerprint density at radius 3 is 1.91 bits per heavy atom. The van der Waals surface area contributed by atoms with Gasteiger partial charge in [-0.05, 0) is 0 Å². The van der Waals surface area contributed by atoms with Crippen molar-refractivity contribution >= 4 is 0 Å². The lowest BCUT2D eigenvalue weighted by atomic mass is 10.0. The highest BCUT2D eigenvalue weighted by molar-refractivity contribution is 4.88. The Kier molecular flexibility index (Phi) is 5.06. The molecular formula is C7H15NO3. The molecule has 66 valence electrons. The van der Waals surface area contributed by atoms with E-state index in [2.05, 4.69) is 11.9 Å². The summed E-state index contributed by atoms with van der Waals surface area (Å²) in [6, 6.07) is 0. The standard InChI is InChI=1S/C7H15NO3/c1-2-3-8-7(4-9,5-10)6-11/h2,8-11H,1,3-6H2. The third-order valence-corrected chi connectivity index (χ3v) is 1.53. The smallest absolute Gasteiger partial charge is 0.0884 e. The van der Waals surface area contributed by atoms with Gasteiger partial charge in [0.05, 0.1) is 25.4 Å². The van der Waals surface area contributed by atoms with Crippen LogP contribution in [0.1, 0.15) is 0 Å². The van der Waals surface area contributed by atoms with Crippen molar-refractivity contribution in [2.45, 2.75) is 5.54 Å². The minimum Gasteiger partial charge on any atom is -0.394 e. The Labute approximate surface area is 66.2 Å². The van der Waals surface area contributed by atoms with E-state index >= 15 is 0 Å². The van der Waals surface area contributed by atoms with Crippen LogP contribution in [0.15, 0.2) is 12.7 Å². The second-order valence-electron chi connectivity index (χ2n) is 2.42. The lowest BCUT2D eigenvalue weighted by molar-refractivity contribution is 0.0452. The summed E-state index contributed by atoms with van der Waals surface area (Å²) in [6.07, 6.45) is 1.59. The zero-order chi connectivity index (χ0) is 8.74. The third-order valence-electron chi connectivity index (χ3n) is 1.53. The molecule has 0 aromatic heterocycles. The summed E-state index contributed by atoms with van der Waals surface area (Å²) in [5.41, 5.74) is -0.978. The zero-order valence-electron chi connectivity index (χ0n) is 6.45. The topological polar surface area (TPSA) is 72.7 Å². The molecule has 0 saturated heterocycles. The van der Waals surface area contributed by atoms with Crippen LogP contribution in [0, 0.1) is 0 Å². The summed E-state index contributed by atoms with van der Waals surface area (Å²) < 4.78 is 0. The molecule has 0 amide bonds. The Morgan fingerprint density at radius 1 is 1.18 bits per heavy atom. The lowest BCUT2D eigenvalue weighted by Gasteiger charge is -2.27. The maximum Gasteiger partial charge on any atom is 0.0884 e. The van der Waals surface area contributed by atoms with E-state index in [4.69, 9.17) is 15.3 Å². The Hall–Kier alpha value is -0.420. The number of hydrogen-bond acceptors (Lipinski definition) is 4. The molecule has 0 atom stereocenters. The van der Waals surface area contributed by atoms with Gasteiger partial charge in [-0.15, -0.1) is 6.58 Å². The Bertz CT molecular complexity index is 104. The van der Waals surface area contributed by atoms with Crippen LogP contribution in [0.25, 0.3) is 0 Å². The van der Waals surface area contributed by atoms with Crippen LogP contribution in [0.3, 0.4) is 0 Å². The zero-order valence-corrected chi connectivity index (χ0v) is 6.45. The largest absolute Gasteiger partial charge is 0.394 e. The van der Waals surface area contributed by atoms with Crippen molar-refractivity contribution in [3.05, 3.63) is 12.7 Å². The summed E-state index contributed by atoms with van der Waals surface area (Å²) in [6.45, 7) is 3.01. The molecule has 4 nitrogen and oxygen atoms in total. The monoisotopic (exact) mass is 161 g/mol. The van der Waals surface area contributed by atoms with Gasteiger partial charge in [0.15, 0.2) is 0 Å². The van der Waals surface area contributed by atoms with Crippen molar-refractivity contribution in [2.75, 3.05) is 26.4 Å². The van der Waals surface area contributed by atoms with Gasteiger partial charge in [0, 0.05) is 6.54 Å². The van der Waals surface area contributed by atoms with Gasteiger partial charge in [0.1, 0.15) is 0 Å². The van der Waals surface area contributed by atoms with Crippen molar-refractivity contribution in [3.63, 3.8) is 0 Å². The molecule has 4 heteroatoms. The molecule has 0 aliphatic rings. The maximum absolute atomic E-state index is 8.79. The van der Waals surface area contributed by atoms with Crippen molar-refractivity contribution in [1.29, 1.82) is 0 Å². The average molecular weight is 161 g/mol. The molecule has 0 saturated carbocycles. The van der Waals surface area contributed by atoms with Gasteiger partial charge in [-0.1, -0.05) is 6.08 Å². The quantitative estimate of drug-likeness (QED) is 0.357. The predicted molar refractivity (Wildman–Crippen MR) is 42.2 cm³/mol. The molecule has 0 bridgehead atoms. The number of hydrogen-bond donors (Lipinski definition) is 4. The van der Waals surface area contributed by atoms with E-state index in [-0.39, 0.29) is 19.8 Å². The Morgan fingerprint density at radius 2 is 1.64 bits per heavy atom. The van der Waals surface area contributed by atoms with E-state index in [0.29, 0.717) is 6.54 Å². The van der Waals surface area contributed by atoms with Gasteiger partial charge in [-0.25, -0.2) is 0 Å². The summed E-state index contributed by atoms with van der Waals surface area (Å²) in [5, 5.41) is 29.1. The van der Waals surface area contributed by atoms with Crippen LogP contribution >= 0.6 is 0 Å². The summed E-state index contributed by atoms with van der Waals surface area (Å²) in [5.74, 6) is 0. The summed E-state index contributed by atoms with van der Waals surface area (Å²) >= 11 is 0. The molecule has 4 N–H and O–H groups in total.